The van der Waals surface area contributed by atoms with Gasteiger partial charge in [-0.15, -0.1) is 0 Å². The second kappa shape index (κ2) is 5.62. The van der Waals surface area contributed by atoms with Gasteiger partial charge in [0.25, 0.3) is 0 Å². The molecule has 0 amide bonds. The summed E-state index contributed by atoms with van der Waals surface area (Å²) in [6, 6.07) is 8.18. The van der Waals surface area contributed by atoms with Crippen LogP contribution in [0.5, 0.6) is 0 Å². The number of furan rings is 1. The maximum absolute atomic E-state index is 10.5. The molecule has 0 bridgehead atoms. The van der Waals surface area contributed by atoms with Gasteiger partial charge in [0.2, 0.25) is 0 Å². The van der Waals surface area contributed by atoms with E-state index >= 15 is 0 Å². The predicted molar refractivity (Wildman–Crippen MR) is 77.4 cm³/mol. The number of aliphatic hydroxyl groups excluding tert-OH is 1. The Bertz CT molecular complexity index is 524. The van der Waals surface area contributed by atoms with Crippen LogP contribution in [0, 0.1) is 0 Å². The zero-order valence-electron chi connectivity index (χ0n) is 12.1. The zero-order chi connectivity index (χ0) is 14.0. The lowest BCUT2D eigenvalue weighted by atomic mass is 9.88. The summed E-state index contributed by atoms with van der Waals surface area (Å²) in [6.07, 6.45) is 2.58. The highest BCUT2D eigenvalue weighted by atomic mass is 16.3. The number of hydrogen-bond donors (Lipinski definition) is 1. The Morgan fingerprint density at radius 1 is 0.895 bits per heavy atom. The Kier molecular flexibility index (Phi) is 4.11. The third kappa shape index (κ3) is 2.90. The van der Waals surface area contributed by atoms with Crippen molar-refractivity contribution in [2.75, 3.05) is 0 Å². The van der Waals surface area contributed by atoms with E-state index in [4.69, 9.17) is 4.42 Å². The molecule has 0 aliphatic carbocycles. The minimum absolute atomic E-state index is 0.384. The molecule has 1 heterocycles. The number of rotatable bonds is 4. The summed E-state index contributed by atoms with van der Waals surface area (Å²) in [5.74, 6) is 0.882. The molecule has 0 aliphatic heterocycles. The first kappa shape index (κ1) is 13.9. The molecule has 0 radical (unpaired) electrons. The quantitative estimate of drug-likeness (QED) is 0.868. The number of benzene rings is 1. The molecule has 2 rings (SSSR count). The molecule has 0 saturated heterocycles. The largest absolute Gasteiger partial charge is 0.472 e. The van der Waals surface area contributed by atoms with Gasteiger partial charge < -0.3 is 9.52 Å². The molecule has 2 aromatic rings. The van der Waals surface area contributed by atoms with E-state index < -0.39 is 6.10 Å². The van der Waals surface area contributed by atoms with Crippen molar-refractivity contribution in [1.82, 2.24) is 0 Å². The average Bonchev–Trinajstić information content (AvgIpc) is 2.90. The summed E-state index contributed by atoms with van der Waals surface area (Å²) in [5, 5.41) is 10.5. The van der Waals surface area contributed by atoms with Crippen molar-refractivity contribution >= 4 is 0 Å². The summed E-state index contributed by atoms with van der Waals surface area (Å²) in [5.41, 5.74) is 4.30. The summed E-state index contributed by atoms with van der Waals surface area (Å²) < 4.78 is 5.06. The smallest absolute Gasteiger partial charge is 0.107 e. The Morgan fingerprint density at radius 2 is 1.63 bits per heavy atom. The fraction of sp³-hybridized carbons (Fsp3) is 0.412. The molecule has 1 aromatic heterocycles. The van der Waals surface area contributed by atoms with E-state index in [1.165, 1.54) is 11.1 Å². The Labute approximate surface area is 115 Å². The van der Waals surface area contributed by atoms with Crippen molar-refractivity contribution in [3.63, 3.8) is 0 Å². The van der Waals surface area contributed by atoms with Gasteiger partial charge in [0, 0.05) is 5.56 Å². The van der Waals surface area contributed by atoms with Crippen molar-refractivity contribution < 1.29 is 9.52 Å². The topological polar surface area (TPSA) is 33.4 Å². The number of aliphatic hydroxyl groups is 1. The van der Waals surface area contributed by atoms with Gasteiger partial charge in [0.05, 0.1) is 12.5 Å². The van der Waals surface area contributed by atoms with Crippen LogP contribution in [0.4, 0.5) is 0 Å². The molecule has 1 aromatic carbocycles. The van der Waals surface area contributed by atoms with Crippen molar-refractivity contribution in [1.29, 1.82) is 0 Å². The van der Waals surface area contributed by atoms with Gasteiger partial charge >= 0.3 is 0 Å². The van der Waals surface area contributed by atoms with Crippen molar-refractivity contribution in [3.8, 4) is 0 Å². The van der Waals surface area contributed by atoms with Gasteiger partial charge in [0.1, 0.15) is 6.10 Å². The van der Waals surface area contributed by atoms with E-state index in [-0.39, 0.29) is 0 Å². The van der Waals surface area contributed by atoms with Crippen LogP contribution in [0.25, 0.3) is 0 Å². The third-order valence-corrected chi connectivity index (χ3v) is 3.55. The van der Waals surface area contributed by atoms with Crippen molar-refractivity contribution in [2.45, 2.75) is 45.6 Å². The first-order chi connectivity index (χ1) is 9.00. The lowest BCUT2D eigenvalue weighted by molar-refractivity contribution is 0.217. The number of hydrogen-bond acceptors (Lipinski definition) is 2. The first-order valence-electron chi connectivity index (χ1n) is 6.84. The minimum atomic E-state index is -0.614. The van der Waals surface area contributed by atoms with Crippen LogP contribution in [0.1, 0.15) is 67.9 Å². The molecule has 1 unspecified atom stereocenters. The van der Waals surface area contributed by atoms with Crippen molar-refractivity contribution in [3.05, 3.63) is 59.0 Å². The predicted octanol–water partition coefficient (Wildman–Crippen LogP) is 4.61. The molecular weight excluding hydrogens is 236 g/mol. The molecule has 1 atom stereocenters. The molecular formula is C17H22O2. The Morgan fingerprint density at radius 3 is 2.16 bits per heavy atom. The van der Waals surface area contributed by atoms with Crippen LogP contribution in [0.2, 0.25) is 0 Å². The molecule has 2 nitrogen and oxygen atoms in total. The molecule has 102 valence electrons. The van der Waals surface area contributed by atoms with E-state index in [1.807, 2.05) is 12.1 Å². The standard InChI is InChI=1S/C17H22O2/c1-11(2)13-5-6-15(16(9-13)12(3)4)17(18)14-7-8-19-10-14/h5-12,17-18H,1-4H3. The van der Waals surface area contributed by atoms with Gasteiger partial charge in [-0.1, -0.05) is 45.9 Å². The molecule has 19 heavy (non-hydrogen) atoms. The van der Waals surface area contributed by atoms with Gasteiger partial charge in [-0.25, -0.2) is 0 Å². The SMILES string of the molecule is CC(C)c1ccc(C(O)c2ccoc2)c(C(C)C)c1. The lowest BCUT2D eigenvalue weighted by Gasteiger charge is -2.19. The highest BCUT2D eigenvalue weighted by Crippen LogP contribution is 2.32. The summed E-state index contributed by atoms with van der Waals surface area (Å²) in [7, 11) is 0. The lowest BCUT2D eigenvalue weighted by Crippen LogP contribution is -2.05. The van der Waals surface area contributed by atoms with Gasteiger partial charge in [-0.2, -0.15) is 0 Å². The maximum Gasteiger partial charge on any atom is 0.107 e. The van der Waals surface area contributed by atoms with Gasteiger partial charge in [-0.3, -0.25) is 0 Å². The van der Waals surface area contributed by atoms with Crippen LogP contribution in [-0.2, 0) is 0 Å². The molecule has 0 aliphatic rings. The van der Waals surface area contributed by atoms with E-state index in [2.05, 4.69) is 39.8 Å². The van der Waals surface area contributed by atoms with Crippen molar-refractivity contribution in [2.24, 2.45) is 0 Å². The fourth-order valence-electron chi connectivity index (χ4n) is 2.31. The van der Waals surface area contributed by atoms with Crippen LogP contribution >= 0.6 is 0 Å². The van der Waals surface area contributed by atoms with Crippen LogP contribution in [-0.4, -0.2) is 5.11 Å². The Hall–Kier alpha value is -1.54. The minimum Gasteiger partial charge on any atom is -0.472 e. The van der Waals surface area contributed by atoms with E-state index in [0.717, 1.165) is 11.1 Å². The van der Waals surface area contributed by atoms with Crippen LogP contribution in [0.15, 0.2) is 41.2 Å². The average molecular weight is 258 g/mol. The van der Waals surface area contributed by atoms with E-state index in [1.54, 1.807) is 12.5 Å². The molecule has 0 saturated carbocycles. The summed E-state index contributed by atoms with van der Waals surface area (Å²) in [4.78, 5) is 0. The highest BCUT2D eigenvalue weighted by Gasteiger charge is 2.18. The third-order valence-electron chi connectivity index (χ3n) is 3.55. The zero-order valence-corrected chi connectivity index (χ0v) is 12.1. The maximum atomic E-state index is 10.5. The monoisotopic (exact) mass is 258 g/mol. The molecule has 0 fully saturated rings. The second-order valence-corrected chi connectivity index (χ2v) is 5.66. The van der Waals surface area contributed by atoms with Gasteiger partial charge in [0.15, 0.2) is 0 Å². The second-order valence-electron chi connectivity index (χ2n) is 5.66. The molecule has 0 spiro atoms. The summed E-state index contributed by atoms with van der Waals surface area (Å²) >= 11 is 0. The first-order valence-corrected chi connectivity index (χ1v) is 6.84. The fourth-order valence-corrected chi connectivity index (χ4v) is 2.31. The van der Waals surface area contributed by atoms with E-state index in [9.17, 15) is 5.11 Å². The van der Waals surface area contributed by atoms with Crippen LogP contribution in [0.3, 0.4) is 0 Å². The van der Waals surface area contributed by atoms with Gasteiger partial charge in [-0.05, 0) is 34.6 Å². The Balaban J connectivity index is 2.45. The van der Waals surface area contributed by atoms with Crippen LogP contribution < -0.4 is 0 Å². The molecule has 1 N–H and O–H groups in total. The highest BCUT2D eigenvalue weighted by molar-refractivity contribution is 5.40. The molecule has 2 heteroatoms. The van der Waals surface area contributed by atoms with E-state index in [0.29, 0.717) is 11.8 Å². The normalized spacial score (nSPS) is 13.2. The summed E-state index contributed by atoms with van der Waals surface area (Å²) in [6.45, 7) is 8.69.